The second kappa shape index (κ2) is 8.81. The van der Waals surface area contributed by atoms with E-state index in [9.17, 15) is 9.59 Å². The molecule has 9 heteroatoms. The molecule has 3 saturated heterocycles. The van der Waals surface area contributed by atoms with Crippen LogP contribution in [0.1, 0.15) is 12.5 Å². The molecule has 2 aromatic carbocycles. The van der Waals surface area contributed by atoms with Crippen LogP contribution in [0.4, 0.5) is 10.5 Å². The summed E-state index contributed by atoms with van der Waals surface area (Å²) in [6, 6.07) is 14.6. The summed E-state index contributed by atoms with van der Waals surface area (Å²) in [6.07, 6.45) is -0.654. The fraction of sp³-hybridized carbons (Fsp3) is 0.440. The summed E-state index contributed by atoms with van der Waals surface area (Å²) in [4.78, 5) is 34.3. The van der Waals surface area contributed by atoms with Crippen molar-refractivity contribution in [2.45, 2.75) is 32.0 Å². The SMILES string of the molecule is COc1ccc(N2CC(C)CN3C4C(=O)N(Cc5ccccc5)C(=O)N(C)C4NC23)c(OC)c1. The number of hydrogen-bond donors (Lipinski definition) is 1. The predicted octanol–water partition coefficient (Wildman–Crippen LogP) is 2.14. The zero-order valence-corrected chi connectivity index (χ0v) is 20.0. The smallest absolute Gasteiger partial charge is 0.328 e. The van der Waals surface area contributed by atoms with Crippen molar-refractivity contribution in [1.82, 2.24) is 20.0 Å². The van der Waals surface area contributed by atoms with Crippen LogP contribution in [0.5, 0.6) is 11.5 Å². The number of nitrogens with one attached hydrogen (secondary N) is 1. The third-order valence-corrected chi connectivity index (χ3v) is 6.97. The van der Waals surface area contributed by atoms with Gasteiger partial charge in [0, 0.05) is 26.2 Å². The number of likely N-dealkylation sites (N-methyl/N-ethyl adjacent to an activating group) is 1. The molecule has 0 spiro atoms. The summed E-state index contributed by atoms with van der Waals surface area (Å²) in [7, 11) is 5.03. The maximum atomic E-state index is 13.7. The third-order valence-electron chi connectivity index (χ3n) is 6.97. The van der Waals surface area contributed by atoms with E-state index in [1.165, 1.54) is 4.90 Å². The van der Waals surface area contributed by atoms with Crippen LogP contribution >= 0.6 is 0 Å². The van der Waals surface area contributed by atoms with Crippen molar-refractivity contribution in [3.63, 3.8) is 0 Å². The minimum Gasteiger partial charge on any atom is -0.497 e. The normalized spacial score (nSPS) is 27.0. The summed E-state index contributed by atoms with van der Waals surface area (Å²) in [5, 5.41) is 3.56. The number of anilines is 1. The first-order valence-corrected chi connectivity index (χ1v) is 11.6. The van der Waals surface area contributed by atoms with Gasteiger partial charge in [-0.25, -0.2) is 4.79 Å². The van der Waals surface area contributed by atoms with Gasteiger partial charge in [-0.1, -0.05) is 37.3 Å². The van der Waals surface area contributed by atoms with E-state index in [0.29, 0.717) is 17.4 Å². The lowest BCUT2D eigenvalue weighted by molar-refractivity contribution is -0.139. The van der Waals surface area contributed by atoms with Crippen molar-refractivity contribution >= 4 is 17.6 Å². The fourth-order valence-electron chi connectivity index (χ4n) is 5.34. The topological polar surface area (TPSA) is 77.6 Å². The lowest BCUT2D eigenvalue weighted by Crippen LogP contribution is -2.66. The number of carbonyl (C=O) groups is 2. The number of methoxy groups -OCH3 is 2. The summed E-state index contributed by atoms with van der Waals surface area (Å²) in [5.74, 6) is 1.56. The molecule has 3 heterocycles. The van der Waals surface area contributed by atoms with Crippen LogP contribution in [0.3, 0.4) is 0 Å². The van der Waals surface area contributed by atoms with E-state index in [-0.39, 0.29) is 24.8 Å². The maximum absolute atomic E-state index is 13.7. The van der Waals surface area contributed by atoms with Gasteiger partial charge in [-0.3, -0.25) is 19.9 Å². The number of benzene rings is 2. The van der Waals surface area contributed by atoms with Crippen molar-refractivity contribution < 1.29 is 19.1 Å². The number of ether oxygens (including phenoxy) is 2. The molecule has 3 aliphatic heterocycles. The van der Waals surface area contributed by atoms with Gasteiger partial charge in [-0.15, -0.1) is 0 Å². The van der Waals surface area contributed by atoms with Gasteiger partial charge in [-0.05, 0) is 23.6 Å². The highest BCUT2D eigenvalue weighted by atomic mass is 16.5. The zero-order valence-electron chi connectivity index (χ0n) is 20.0. The average molecular weight is 466 g/mol. The highest BCUT2D eigenvalue weighted by Gasteiger charge is 2.56. The molecule has 3 fully saturated rings. The Kier molecular flexibility index (Phi) is 5.83. The number of nitrogens with zero attached hydrogens (tertiary/aromatic N) is 4. The van der Waals surface area contributed by atoms with Crippen LogP contribution in [0.25, 0.3) is 0 Å². The Morgan fingerprint density at radius 2 is 1.79 bits per heavy atom. The lowest BCUT2D eigenvalue weighted by Gasteiger charge is -2.46. The van der Waals surface area contributed by atoms with Gasteiger partial charge in [0.15, 0.2) is 0 Å². The van der Waals surface area contributed by atoms with Gasteiger partial charge >= 0.3 is 6.03 Å². The Labute approximate surface area is 199 Å². The number of amides is 3. The molecule has 0 aromatic heterocycles. The predicted molar refractivity (Wildman–Crippen MR) is 127 cm³/mol. The van der Waals surface area contributed by atoms with E-state index < -0.39 is 12.2 Å². The Balaban J connectivity index is 1.48. The van der Waals surface area contributed by atoms with Gasteiger partial charge in [0.05, 0.1) is 26.5 Å². The molecular formula is C25H31N5O4. The average Bonchev–Trinajstić information content (AvgIpc) is 3.24. The first kappa shape index (κ1) is 22.5. The van der Waals surface area contributed by atoms with Crippen LogP contribution < -0.4 is 19.7 Å². The Bertz CT molecular complexity index is 1080. The molecule has 3 amide bonds. The van der Waals surface area contributed by atoms with Crippen LogP contribution in [0.2, 0.25) is 0 Å². The molecule has 2 aromatic rings. The van der Waals surface area contributed by atoms with Gasteiger partial charge in [0.1, 0.15) is 30.0 Å². The molecule has 1 N–H and O–H groups in total. The zero-order chi connectivity index (χ0) is 24.0. The van der Waals surface area contributed by atoms with Gasteiger partial charge in [0.2, 0.25) is 0 Å². The molecule has 3 aliphatic rings. The quantitative estimate of drug-likeness (QED) is 0.725. The van der Waals surface area contributed by atoms with Gasteiger partial charge in [-0.2, -0.15) is 0 Å². The van der Waals surface area contributed by atoms with E-state index in [0.717, 1.165) is 24.3 Å². The van der Waals surface area contributed by atoms with Crippen molar-refractivity contribution in [2.75, 3.05) is 39.3 Å². The molecule has 0 saturated carbocycles. The summed E-state index contributed by atoms with van der Waals surface area (Å²) in [5.41, 5.74) is 1.84. The van der Waals surface area contributed by atoms with Crippen LogP contribution in [-0.2, 0) is 11.3 Å². The van der Waals surface area contributed by atoms with E-state index in [1.807, 2.05) is 48.5 Å². The molecule has 34 heavy (non-hydrogen) atoms. The van der Waals surface area contributed by atoms with Crippen molar-refractivity contribution in [2.24, 2.45) is 5.92 Å². The van der Waals surface area contributed by atoms with Crippen LogP contribution in [-0.4, -0.2) is 79.5 Å². The second-order valence-corrected chi connectivity index (χ2v) is 9.23. The molecule has 0 radical (unpaired) electrons. The highest BCUT2D eigenvalue weighted by molar-refractivity contribution is 6.00. The monoisotopic (exact) mass is 465 g/mol. The first-order chi connectivity index (χ1) is 16.4. The van der Waals surface area contributed by atoms with Crippen LogP contribution in [0.15, 0.2) is 48.5 Å². The number of fused-ring (bicyclic) bond motifs is 3. The van der Waals surface area contributed by atoms with Crippen LogP contribution in [0, 0.1) is 5.92 Å². The summed E-state index contributed by atoms with van der Waals surface area (Å²) in [6.45, 7) is 3.98. The van der Waals surface area contributed by atoms with Gasteiger partial charge < -0.3 is 19.3 Å². The largest absolute Gasteiger partial charge is 0.497 e. The number of urea groups is 1. The third kappa shape index (κ3) is 3.65. The molecule has 5 rings (SSSR count). The molecule has 0 aliphatic carbocycles. The molecule has 4 atom stereocenters. The van der Waals surface area contributed by atoms with Gasteiger partial charge in [0.25, 0.3) is 5.91 Å². The molecular weight excluding hydrogens is 434 g/mol. The fourth-order valence-corrected chi connectivity index (χ4v) is 5.34. The first-order valence-electron chi connectivity index (χ1n) is 11.6. The van der Waals surface area contributed by atoms with Crippen molar-refractivity contribution in [3.8, 4) is 11.5 Å². The van der Waals surface area contributed by atoms with E-state index >= 15 is 0 Å². The summed E-state index contributed by atoms with van der Waals surface area (Å²) < 4.78 is 11.0. The maximum Gasteiger partial charge on any atom is 0.328 e. The minimum absolute atomic E-state index is 0.164. The molecule has 180 valence electrons. The lowest BCUT2D eigenvalue weighted by atomic mass is 10.0. The number of hydrogen-bond acceptors (Lipinski definition) is 7. The number of carbonyl (C=O) groups excluding carboxylic acids is 2. The van der Waals surface area contributed by atoms with E-state index in [4.69, 9.17) is 9.47 Å². The summed E-state index contributed by atoms with van der Waals surface area (Å²) >= 11 is 0. The number of imide groups is 1. The molecule has 0 bridgehead atoms. The van der Waals surface area contributed by atoms with E-state index in [2.05, 4.69) is 22.0 Å². The minimum atomic E-state index is -0.467. The standard InChI is InChI=1S/C25H31N5O4/c1-16-13-28(19-11-10-18(33-3)12-20(19)34-4)24-26-22-21(29(24)14-16)23(31)30(25(32)27(22)2)15-17-8-6-5-7-9-17/h5-12,16,21-22,24,26H,13-15H2,1-4H3. The Morgan fingerprint density at radius 1 is 1.03 bits per heavy atom. The Hall–Kier alpha value is -3.30. The second-order valence-electron chi connectivity index (χ2n) is 9.23. The Morgan fingerprint density at radius 3 is 2.50 bits per heavy atom. The van der Waals surface area contributed by atoms with Crippen molar-refractivity contribution in [3.05, 3.63) is 54.1 Å². The van der Waals surface area contributed by atoms with E-state index in [1.54, 1.807) is 26.2 Å². The van der Waals surface area contributed by atoms with Crippen molar-refractivity contribution in [1.29, 1.82) is 0 Å². The molecule has 4 unspecified atom stereocenters. The number of rotatable bonds is 5. The molecule has 9 nitrogen and oxygen atoms in total. The highest BCUT2D eigenvalue weighted by Crippen LogP contribution is 2.39.